The third kappa shape index (κ3) is 2.22. The van der Waals surface area contributed by atoms with Gasteiger partial charge in [-0.25, -0.2) is 0 Å². The van der Waals surface area contributed by atoms with Crippen LogP contribution in [0.3, 0.4) is 0 Å². The van der Waals surface area contributed by atoms with Crippen LogP contribution < -0.4 is 0 Å². The largest absolute Gasteiger partial charge is 0.469 e. The quantitative estimate of drug-likeness (QED) is 0.497. The molecule has 0 aliphatic heterocycles. The van der Waals surface area contributed by atoms with E-state index in [0.717, 1.165) is 24.9 Å². The van der Waals surface area contributed by atoms with Gasteiger partial charge >= 0.3 is 0 Å². The number of hydrogen-bond donors (Lipinski definition) is 0. The van der Waals surface area contributed by atoms with Gasteiger partial charge in [0.25, 0.3) is 0 Å². The number of unbranched alkanes of at least 4 members (excludes halogenated alkanes) is 2. The number of carbonyl (C=O) groups excluding carboxylic acids is 1. The summed E-state index contributed by atoms with van der Waals surface area (Å²) in [5.41, 5.74) is 0.700. The van der Waals surface area contributed by atoms with E-state index in [9.17, 15) is 4.79 Å². The molecule has 0 bridgehead atoms. The van der Waals surface area contributed by atoms with Crippen molar-refractivity contribution in [1.29, 1.82) is 0 Å². The van der Waals surface area contributed by atoms with Crippen LogP contribution in [0, 0.1) is 0 Å². The highest BCUT2D eigenvalue weighted by Gasteiger charge is 2.03. The molecule has 0 saturated heterocycles. The lowest BCUT2D eigenvalue weighted by Gasteiger charge is -1.95. The third-order valence-electron chi connectivity index (χ3n) is 1.91. The summed E-state index contributed by atoms with van der Waals surface area (Å²) in [5.74, 6) is 0.832. The van der Waals surface area contributed by atoms with Crippen molar-refractivity contribution in [3.63, 3.8) is 0 Å². The minimum atomic E-state index is 0.700. The van der Waals surface area contributed by atoms with Crippen LogP contribution in [0.25, 0.3) is 0 Å². The Morgan fingerprint density at radius 3 is 3.00 bits per heavy atom. The van der Waals surface area contributed by atoms with Crippen molar-refractivity contribution < 1.29 is 9.21 Å². The second-order valence-corrected chi connectivity index (χ2v) is 2.87. The maximum atomic E-state index is 10.5. The average molecular weight is 166 g/mol. The molecule has 1 aromatic heterocycles. The van der Waals surface area contributed by atoms with E-state index in [1.807, 2.05) is 0 Å². The maximum absolute atomic E-state index is 10.5. The molecule has 0 atom stereocenters. The summed E-state index contributed by atoms with van der Waals surface area (Å²) in [6.45, 7) is 2.16. The van der Waals surface area contributed by atoms with Gasteiger partial charge in [-0.1, -0.05) is 19.8 Å². The first-order chi connectivity index (χ1) is 5.88. The number of rotatable bonds is 5. The number of hydrogen-bond acceptors (Lipinski definition) is 2. The molecule has 0 aliphatic rings. The van der Waals surface area contributed by atoms with E-state index in [1.54, 1.807) is 12.3 Å². The van der Waals surface area contributed by atoms with Crippen LogP contribution in [-0.2, 0) is 6.42 Å². The molecule has 1 aromatic rings. The zero-order valence-electron chi connectivity index (χ0n) is 7.38. The van der Waals surface area contributed by atoms with Gasteiger partial charge < -0.3 is 4.42 Å². The Hall–Kier alpha value is -1.05. The molecule has 0 radical (unpaired) electrons. The molecule has 12 heavy (non-hydrogen) atoms. The van der Waals surface area contributed by atoms with Crippen molar-refractivity contribution in [2.75, 3.05) is 0 Å². The number of furan rings is 1. The van der Waals surface area contributed by atoms with Crippen LogP contribution in [0.1, 0.15) is 42.3 Å². The van der Waals surface area contributed by atoms with Crippen molar-refractivity contribution in [3.8, 4) is 0 Å². The summed E-state index contributed by atoms with van der Waals surface area (Å²) in [6.07, 6.45) is 6.80. The summed E-state index contributed by atoms with van der Waals surface area (Å²) < 4.78 is 5.17. The number of carbonyl (C=O) groups is 1. The fourth-order valence-electron chi connectivity index (χ4n) is 1.19. The van der Waals surface area contributed by atoms with E-state index >= 15 is 0 Å². The Morgan fingerprint density at radius 2 is 2.33 bits per heavy atom. The lowest BCUT2D eigenvalue weighted by Crippen LogP contribution is -1.87. The molecule has 1 heterocycles. The second-order valence-electron chi connectivity index (χ2n) is 2.87. The van der Waals surface area contributed by atoms with Crippen LogP contribution in [0.5, 0.6) is 0 Å². The summed E-state index contributed by atoms with van der Waals surface area (Å²) in [5, 5.41) is 0. The molecule has 0 unspecified atom stereocenters. The number of aryl methyl sites for hydroxylation is 1. The predicted octanol–water partition coefficient (Wildman–Crippen LogP) is 2.82. The molecule has 0 N–H and O–H groups in total. The topological polar surface area (TPSA) is 30.2 Å². The maximum Gasteiger partial charge on any atom is 0.153 e. The Kier molecular flexibility index (Phi) is 3.58. The molecule has 0 amide bonds. The molecular weight excluding hydrogens is 152 g/mol. The molecule has 0 spiro atoms. The predicted molar refractivity (Wildman–Crippen MR) is 47.3 cm³/mol. The minimum Gasteiger partial charge on any atom is -0.469 e. The third-order valence-corrected chi connectivity index (χ3v) is 1.91. The first kappa shape index (κ1) is 9.04. The first-order valence-electron chi connectivity index (χ1n) is 4.40. The minimum absolute atomic E-state index is 0.700. The van der Waals surface area contributed by atoms with Gasteiger partial charge in [-0.2, -0.15) is 0 Å². The summed E-state index contributed by atoms with van der Waals surface area (Å²) >= 11 is 0. The average Bonchev–Trinajstić information content (AvgIpc) is 2.52. The van der Waals surface area contributed by atoms with Crippen LogP contribution in [0.2, 0.25) is 0 Å². The molecule has 0 fully saturated rings. The molecule has 66 valence electrons. The monoisotopic (exact) mass is 166 g/mol. The van der Waals surface area contributed by atoms with Gasteiger partial charge in [0.1, 0.15) is 5.76 Å². The van der Waals surface area contributed by atoms with E-state index in [0.29, 0.717) is 5.56 Å². The fraction of sp³-hybridized carbons (Fsp3) is 0.500. The molecular formula is C10H14O2. The van der Waals surface area contributed by atoms with Gasteiger partial charge in [0.2, 0.25) is 0 Å². The molecule has 0 aromatic carbocycles. The van der Waals surface area contributed by atoms with Crippen molar-refractivity contribution in [3.05, 3.63) is 23.7 Å². The summed E-state index contributed by atoms with van der Waals surface area (Å²) in [6, 6.07) is 1.72. The Labute approximate surface area is 72.6 Å². The zero-order chi connectivity index (χ0) is 8.81. The van der Waals surface area contributed by atoms with Crippen molar-refractivity contribution >= 4 is 6.29 Å². The molecule has 2 heteroatoms. The van der Waals surface area contributed by atoms with E-state index in [1.165, 1.54) is 12.8 Å². The van der Waals surface area contributed by atoms with E-state index < -0.39 is 0 Å². The van der Waals surface area contributed by atoms with E-state index in [2.05, 4.69) is 6.92 Å². The van der Waals surface area contributed by atoms with Crippen LogP contribution >= 0.6 is 0 Å². The van der Waals surface area contributed by atoms with Gasteiger partial charge in [-0.05, 0) is 12.5 Å². The number of aldehydes is 1. The normalized spacial score (nSPS) is 10.1. The Bertz CT molecular complexity index is 238. The highest BCUT2D eigenvalue weighted by Crippen LogP contribution is 2.11. The van der Waals surface area contributed by atoms with Crippen LogP contribution in [-0.4, -0.2) is 6.29 Å². The fourth-order valence-corrected chi connectivity index (χ4v) is 1.19. The smallest absolute Gasteiger partial charge is 0.153 e. The lowest BCUT2D eigenvalue weighted by atomic mass is 10.1. The van der Waals surface area contributed by atoms with Crippen molar-refractivity contribution in [2.45, 2.75) is 32.6 Å². The molecule has 1 rings (SSSR count). The van der Waals surface area contributed by atoms with Gasteiger partial charge in [0.15, 0.2) is 6.29 Å². The van der Waals surface area contributed by atoms with Gasteiger partial charge in [-0.15, -0.1) is 0 Å². The first-order valence-corrected chi connectivity index (χ1v) is 4.40. The van der Waals surface area contributed by atoms with Crippen LogP contribution in [0.4, 0.5) is 0 Å². The van der Waals surface area contributed by atoms with Gasteiger partial charge in [0.05, 0.1) is 11.8 Å². The standard InChI is InChI=1S/C10H14O2/c1-2-3-4-5-10-9(8-11)6-7-12-10/h6-8H,2-5H2,1H3. The summed E-state index contributed by atoms with van der Waals surface area (Å²) in [4.78, 5) is 10.5. The van der Waals surface area contributed by atoms with Gasteiger partial charge in [-0.3, -0.25) is 4.79 Å². The SMILES string of the molecule is CCCCCc1occc1C=O. The van der Waals surface area contributed by atoms with Crippen LogP contribution in [0.15, 0.2) is 16.7 Å². The highest BCUT2D eigenvalue weighted by molar-refractivity contribution is 5.75. The van der Waals surface area contributed by atoms with E-state index in [4.69, 9.17) is 4.42 Å². The van der Waals surface area contributed by atoms with Gasteiger partial charge in [0, 0.05) is 6.42 Å². The Morgan fingerprint density at radius 1 is 1.50 bits per heavy atom. The Balaban J connectivity index is 2.45. The highest BCUT2D eigenvalue weighted by atomic mass is 16.3. The summed E-state index contributed by atoms with van der Waals surface area (Å²) in [7, 11) is 0. The second kappa shape index (κ2) is 4.75. The lowest BCUT2D eigenvalue weighted by molar-refractivity contribution is 0.112. The van der Waals surface area contributed by atoms with Crippen molar-refractivity contribution in [2.24, 2.45) is 0 Å². The molecule has 2 nitrogen and oxygen atoms in total. The van der Waals surface area contributed by atoms with Crippen molar-refractivity contribution in [1.82, 2.24) is 0 Å². The molecule has 0 aliphatic carbocycles. The zero-order valence-corrected chi connectivity index (χ0v) is 7.38. The van der Waals surface area contributed by atoms with E-state index in [-0.39, 0.29) is 0 Å². The molecule has 0 saturated carbocycles.